The van der Waals surface area contributed by atoms with Gasteiger partial charge in [-0.1, -0.05) is 36.4 Å². The van der Waals surface area contributed by atoms with Crippen LogP contribution in [0.4, 0.5) is 0 Å². The number of methoxy groups -OCH3 is 2. The molecule has 34 heavy (non-hydrogen) atoms. The first-order chi connectivity index (χ1) is 16.3. The zero-order valence-electron chi connectivity index (χ0n) is 19.3. The van der Waals surface area contributed by atoms with Crippen LogP contribution in [-0.4, -0.2) is 35.2 Å². The lowest BCUT2D eigenvalue weighted by atomic mass is 10.1. The summed E-state index contributed by atoms with van der Waals surface area (Å²) in [4.78, 5) is 12.4. The number of rotatable bonds is 11. The molecule has 0 unspecified atom stereocenters. The van der Waals surface area contributed by atoms with Crippen LogP contribution < -0.4 is 24.2 Å². The quantitative estimate of drug-likeness (QED) is 0.432. The van der Waals surface area contributed by atoms with Crippen LogP contribution in [0.15, 0.2) is 77.7 Å². The monoisotopic (exact) mass is 484 g/mol. The predicted octanol–water partition coefficient (Wildman–Crippen LogP) is 3.44. The van der Waals surface area contributed by atoms with Crippen molar-refractivity contribution in [2.45, 2.75) is 24.4 Å². The summed E-state index contributed by atoms with van der Waals surface area (Å²) in [5.74, 6) is 1.24. The summed E-state index contributed by atoms with van der Waals surface area (Å²) in [6.45, 7) is 1.76. The van der Waals surface area contributed by atoms with E-state index in [1.807, 2.05) is 30.3 Å². The molecule has 1 amide bonds. The maximum atomic E-state index is 12.7. The van der Waals surface area contributed by atoms with Crippen LogP contribution in [0.25, 0.3) is 0 Å². The van der Waals surface area contributed by atoms with Crippen molar-refractivity contribution in [1.82, 2.24) is 10.0 Å². The molecule has 1 atom stereocenters. The number of hydrogen-bond acceptors (Lipinski definition) is 6. The van der Waals surface area contributed by atoms with Gasteiger partial charge in [0.25, 0.3) is 5.91 Å². The van der Waals surface area contributed by atoms with E-state index in [0.29, 0.717) is 22.8 Å². The van der Waals surface area contributed by atoms with Crippen molar-refractivity contribution >= 4 is 15.9 Å². The Hall–Kier alpha value is -3.56. The highest BCUT2D eigenvalue weighted by Crippen LogP contribution is 2.28. The molecule has 0 bridgehead atoms. The summed E-state index contributed by atoms with van der Waals surface area (Å²) in [5.41, 5.74) is 1.58. The Morgan fingerprint density at radius 2 is 1.50 bits per heavy atom. The van der Waals surface area contributed by atoms with Gasteiger partial charge in [-0.2, -0.15) is 0 Å². The van der Waals surface area contributed by atoms with Crippen LogP contribution >= 0.6 is 0 Å². The molecule has 0 spiro atoms. The van der Waals surface area contributed by atoms with Crippen molar-refractivity contribution in [1.29, 1.82) is 0 Å². The summed E-state index contributed by atoms with van der Waals surface area (Å²) < 4.78 is 44.2. The molecule has 3 aromatic carbocycles. The topological polar surface area (TPSA) is 103 Å². The molecule has 0 fully saturated rings. The smallest absolute Gasteiger partial charge is 0.258 e. The molecule has 9 heteroatoms. The highest BCUT2D eigenvalue weighted by Gasteiger charge is 2.18. The molecule has 0 aromatic heterocycles. The van der Waals surface area contributed by atoms with Gasteiger partial charge in [0.2, 0.25) is 10.0 Å². The molecular formula is C25H28N2O6S. The average molecular weight is 485 g/mol. The Kier molecular flexibility index (Phi) is 8.50. The third-order valence-corrected chi connectivity index (χ3v) is 6.68. The fourth-order valence-corrected chi connectivity index (χ4v) is 4.55. The van der Waals surface area contributed by atoms with Crippen LogP contribution in [0, 0.1) is 0 Å². The first-order valence-corrected chi connectivity index (χ1v) is 12.1. The SMILES string of the molecule is COc1cccc(OC)c1CNC(=O)COc1ccc(S(=O)(=O)N[C@H](C)c2ccccc2)cc1. The maximum Gasteiger partial charge on any atom is 0.258 e. The van der Waals surface area contributed by atoms with E-state index in [4.69, 9.17) is 14.2 Å². The molecule has 0 aliphatic heterocycles. The van der Waals surface area contributed by atoms with Gasteiger partial charge in [-0.25, -0.2) is 13.1 Å². The Morgan fingerprint density at radius 1 is 0.882 bits per heavy atom. The molecule has 0 heterocycles. The lowest BCUT2D eigenvalue weighted by Crippen LogP contribution is -2.28. The Labute approximate surface area is 199 Å². The van der Waals surface area contributed by atoms with Gasteiger partial charge in [0, 0.05) is 6.04 Å². The van der Waals surface area contributed by atoms with E-state index < -0.39 is 10.0 Å². The lowest BCUT2D eigenvalue weighted by molar-refractivity contribution is -0.123. The van der Waals surface area contributed by atoms with Gasteiger partial charge in [0.1, 0.15) is 17.2 Å². The minimum absolute atomic E-state index is 0.107. The molecule has 8 nitrogen and oxygen atoms in total. The largest absolute Gasteiger partial charge is 0.496 e. The zero-order chi connectivity index (χ0) is 24.6. The molecule has 0 saturated heterocycles. The number of carbonyl (C=O) groups excluding carboxylic acids is 1. The molecule has 0 aliphatic rings. The summed E-state index contributed by atoms with van der Waals surface area (Å²) in [7, 11) is -0.624. The van der Waals surface area contributed by atoms with Crippen LogP contribution in [0.3, 0.4) is 0 Å². The maximum absolute atomic E-state index is 12.7. The van der Waals surface area contributed by atoms with Gasteiger partial charge in [-0.3, -0.25) is 4.79 Å². The van der Waals surface area contributed by atoms with E-state index in [1.54, 1.807) is 39.3 Å². The highest BCUT2D eigenvalue weighted by atomic mass is 32.2. The molecule has 3 aromatic rings. The van der Waals surface area contributed by atoms with Crippen molar-refractivity contribution in [2.75, 3.05) is 20.8 Å². The van der Waals surface area contributed by atoms with Crippen LogP contribution in [0.2, 0.25) is 0 Å². The van der Waals surface area contributed by atoms with E-state index >= 15 is 0 Å². The van der Waals surface area contributed by atoms with Gasteiger partial charge >= 0.3 is 0 Å². The number of sulfonamides is 1. The number of benzene rings is 3. The second kappa shape index (κ2) is 11.5. The van der Waals surface area contributed by atoms with Crippen molar-refractivity contribution in [3.63, 3.8) is 0 Å². The number of carbonyl (C=O) groups is 1. The fourth-order valence-electron chi connectivity index (χ4n) is 3.31. The first-order valence-electron chi connectivity index (χ1n) is 10.6. The summed E-state index contributed by atoms with van der Waals surface area (Å²) in [6.07, 6.45) is 0. The van der Waals surface area contributed by atoms with Crippen LogP contribution in [0.1, 0.15) is 24.1 Å². The standard InChI is InChI=1S/C25H28N2O6S/c1-18(19-8-5-4-6-9-19)27-34(29,30)21-14-12-20(13-15-21)33-17-25(28)26-16-22-23(31-2)10-7-11-24(22)32-3/h4-15,18,27H,16-17H2,1-3H3,(H,26,28)/t18-/m1/s1. The fraction of sp³-hybridized carbons (Fsp3) is 0.240. The third kappa shape index (κ3) is 6.49. The van der Waals surface area contributed by atoms with Crippen LogP contribution in [-0.2, 0) is 21.4 Å². The van der Waals surface area contributed by atoms with Crippen LogP contribution in [0.5, 0.6) is 17.2 Å². The van der Waals surface area contributed by atoms with Gasteiger partial charge in [-0.05, 0) is 48.9 Å². The van der Waals surface area contributed by atoms with E-state index in [9.17, 15) is 13.2 Å². The molecule has 0 radical (unpaired) electrons. The minimum Gasteiger partial charge on any atom is -0.496 e. The zero-order valence-corrected chi connectivity index (χ0v) is 20.1. The third-order valence-electron chi connectivity index (χ3n) is 5.13. The van der Waals surface area contributed by atoms with Gasteiger partial charge in [0.05, 0.1) is 31.2 Å². The molecule has 2 N–H and O–H groups in total. The van der Waals surface area contributed by atoms with Crippen molar-refractivity contribution in [3.8, 4) is 17.2 Å². The highest BCUT2D eigenvalue weighted by molar-refractivity contribution is 7.89. The first kappa shape index (κ1) is 25.1. The van der Waals surface area contributed by atoms with Crippen molar-refractivity contribution < 1.29 is 27.4 Å². The van der Waals surface area contributed by atoms with E-state index in [-0.39, 0.29) is 30.0 Å². The Morgan fingerprint density at radius 3 is 2.09 bits per heavy atom. The number of nitrogens with one attached hydrogen (secondary N) is 2. The van der Waals surface area contributed by atoms with Gasteiger partial charge in [-0.15, -0.1) is 0 Å². The normalized spacial score (nSPS) is 12.0. The molecule has 180 valence electrons. The average Bonchev–Trinajstić information content (AvgIpc) is 2.86. The molecule has 0 saturated carbocycles. The second-order valence-corrected chi connectivity index (χ2v) is 9.15. The molecule has 0 aliphatic carbocycles. The summed E-state index contributed by atoms with van der Waals surface area (Å²) in [5, 5.41) is 2.76. The number of amides is 1. The number of ether oxygens (including phenoxy) is 3. The van der Waals surface area contributed by atoms with Gasteiger partial charge < -0.3 is 19.5 Å². The predicted molar refractivity (Wildman–Crippen MR) is 129 cm³/mol. The second-order valence-electron chi connectivity index (χ2n) is 7.43. The number of hydrogen-bond donors (Lipinski definition) is 2. The molecular weight excluding hydrogens is 456 g/mol. The summed E-state index contributed by atoms with van der Waals surface area (Å²) >= 11 is 0. The van der Waals surface area contributed by atoms with E-state index in [0.717, 1.165) is 5.56 Å². The van der Waals surface area contributed by atoms with E-state index in [1.165, 1.54) is 24.3 Å². The minimum atomic E-state index is -3.72. The Bertz CT molecular complexity index is 1180. The van der Waals surface area contributed by atoms with Crippen molar-refractivity contribution in [3.05, 3.63) is 83.9 Å². The van der Waals surface area contributed by atoms with E-state index in [2.05, 4.69) is 10.0 Å². The lowest BCUT2D eigenvalue weighted by Gasteiger charge is -2.15. The molecule has 3 rings (SSSR count). The van der Waals surface area contributed by atoms with Gasteiger partial charge in [0.15, 0.2) is 6.61 Å². The Balaban J connectivity index is 1.54. The summed E-state index contributed by atoms with van der Waals surface area (Å²) in [6, 6.07) is 20.2. The van der Waals surface area contributed by atoms with Crippen molar-refractivity contribution in [2.24, 2.45) is 0 Å².